The van der Waals surface area contributed by atoms with Crippen molar-refractivity contribution in [3.05, 3.63) is 0 Å². The van der Waals surface area contributed by atoms with Gasteiger partial charge in [0.25, 0.3) is 0 Å². The van der Waals surface area contributed by atoms with Gasteiger partial charge in [-0.15, -0.1) is 0 Å². The fraction of sp³-hybridized carbons (Fsp3) is 1.00. The average molecular weight is 182 g/mol. The fourth-order valence-electron chi connectivity index (χ4n) is 2.23. The second-order valence-electron chi connectivity index (χ2n) is 4.81. The first kappa shape index (κ1) is 9.47. The van der Waals surface area contributed by atoms with Crippen molar-refractivity contribution in [2.75, 3.05) is 26.7 Å². The standard InChI is InChI=1S/C11H22N2/c1-13-7-3-2-4-10(9-13)8-12-11-5-6-11/h10-12H,2-9H2,1H3. The third kappa shape index (κ3) is 3.28. The molecule has 76 valence electrons. The van der Waals surface area contributed by atoms with Crippen LogP contribution in [-0.2, 0) is 0 Å². The smallest absolute Gasteiger partial charge is 0.00683 e. The van der Waals surface area contributed by atoms with E-state index in [4.69, 9.17) is 0 Å². The molecule has 0 radical (unpaired) electrons. The van der Waals surface area contributed by atoms with Gasteiger partial charge in [-0.05, 0) is 51.7 Å². The lowest BCUT2D eigenvalue weighted by atomic mass is 10.0. The summed E-state index contributed by atoms with van der Waals surface area (Å²) < 4.78 is 0. The molecule has 1 saturated carbocycles. The largest absolute Gasteiger partial charge is 0.314 e. The molecule has 0 amide bonds. The van der Waals surface area contributed by atoms with Gasteiger partial charge >= 0.3 is 0 Å². The van der Waals surface area contributed by atoms with Crippen LogP contribution < -0.4 is 5.32 Å². The van der Waals surface area contributed by atoms with Crippen LogP contribution in [0.25, 0.3) is 0 Å². The molecule has 1 aliphatic heterocycles. The molecule has 2 rings (SSSR count). The molecule has 2 nitrogen and oxygen atoms in total. The van der Waals surface area contributed by atoms with Gasteiger partial charge in [-0.2, -0.15) is 0 Å². The highest BCUT2D eigenvalue weighted by molar-refractivity contribution is 4.82. The summed E-state index contributed by atoms with van der Waals surface area (Å²) in [7, 11) is 2.26. The minimum Gasteiger partial charge on any atom is -0.314 e. The first-order valence-corrected chi connectivity index (χ1v) is 5.76. The Morgan fingerprint density at radius 3 is 2.85 bits per heavy atom. The SMILES string of the molecule is CN1CCCCC(CNC2CC2)C1. The predicted octanol–water partition coefficient (Wildman–Crippen LogP) is 1.47. The van der Waals surface area contributed by atoms with Crippen molar-refractivity contribution in [3.8, 4) is 0 Å². The average Bonchev–Trinajstić information content (AvgIpc) is 2.88. The second kappa shape index (κ2) is 4.43. The van der Waals surface area contributed by atoms with E-state index in [-0.39, 0.29) is 0 Å². The van der Waals surface area contributed by atoms with Crippen LogP contribution in [0.4, 0.5) is 0 Å². The molecule has 1 saturated heterocycles. The highest BCUT2D eigenvalue weighted by atomic mass is 15.1. The van der Waals surface area contributed by atoms with Gasteiger partial charge < -0.3 is 10.2 Å². The molecule has 1 N–H and O–H groups in total. The highest BCUT2D eigenvalue weighted by Gasteiger charge is 2.22. The molecule has 13 heavy (non-hydrogen) atoms. The molecule has 0 aromatic heterocycles. The zero-order valence-electron chi connectivity index (χ0n) is 8.76. The van der Waals surface area contributed by atoms with Crippen LogP contribution in [0.3, 0.4) is 0 Å². The summed E-state index contributed by atoms with van der Waals surface area (Å²) in [5.41, 5.74) is 0. The molecule has 1 heterocycles. The minimum absolute atomic E-state index is 0.883. The van der Waals surface area contributed by atoms with E-state index in [1.165, 1.54) is 51.7 Å². The molecule has 2 aliphatic rings. The van der Waals surface area contributed by atoms with Crippen molar-refractivity contribution in [1.82, 2.24) is 10.2 Å². The highest BCUT2D eigenvalue weighted by Crippen LogP contribution is 2.20. The molecular weight excluding hydrogens is 160 g/mol. The van der Waals surface area contributed by atoms with Gasteiger partial charge in [0.05, 0.1) is 0 Å². The maximum Gasteiger partial charge on any atom is 0.00683 e. The molecular formula is C11H22N2. The molecule has 0 bridgehead atoms. The zero-order chi connectivity index (χ0) is 9.10. The van der Waals surface area contributed by atoms with Crippen molar-refractivity contribution in [2.24, 2.45) is 5.92 Å². The maximum atomic E-state index is 3.65. The third-order valence-corrected chi connectivity index (χ3v) is 3.24. The van der Waals surface area contributed by atoms with Crippen LogP contribution in [-0.4, -0.2) is 37.6 Å². The van der Waals surface area contributed by atoms with Crippen molar-refractivity contribution in [1.29, 1.82) is 0 Å². The normalized spacial score (nSPS) is 31.6. The zero-order valence-corrected chi connectivity index (χ0v) is 8.76. The summed E-state index contributed by atoms with van der Waals surface area (Å²) >= 11 is 0. The van der Waals surface area contributed by atoms with E-state index in [1.807, 2.05) is 0 Å². The van der Waals surface area contributed by atoms with Gasteiger partial charge in [0, 0.05) is 12.6 Å². The first-order chi connectivity index (χ1) is 6.34. The molecule has 0 spiro atoms. The van der Waals surface area contributed by atoms with Gasteiger partial charge in [-0.3, -0.25) is 0 Å². The van der Waals surface area contributed by atoms with Crippen molar-refractivity contribution in [2.45, 2.75) is 38.1 Å². The molecule has 2 fully saturated rings. The lowest BCUT2D eigenvalue weighted by Crippen LogP contribution is -2.32. The van der Waals surface area contributed by atoms with E-state index in [9.17, 15) is 0 Å². The van der Waals surface area contributed by atoms with Gasteiger partial charge in [0.1, 0.15) is 0 Å². The Bertz CT molecular complexity index is 154. The lowest BCUT2D eigenvalue weighted by molar-refractivity contribution is 0.292. The van der Waals surface area contributed by atoms with Gasteiger partial charge in [0.2, 0.25) is 0 Å². The first-order valence-electron chi connectivity index (χ1n) is 5.76. The van der Waals surface area contributed by atoms with Gasteiger partial charge in [-0.1, -0.05) is 6.42 Å². The fourth-order valence-corrected chi connectivity index (χ4v) is 2.23. The molecule has 1 atom stereocenters. The van der Waals surface area contributed by atoms with E-state index in [0.717, 1.165) is 12.0 Å². The van der Waals surface area contributed by atoms with Crippen LogP contribution in [0.15, 0.2) is 0 Å². The number of hydrogen-bond acceptors (Lipinski definition) is 2. The van der Waals surface area contributed by atoms with E-state index >= 15 is 0 Å². The quantitative estimate of drug-likeness (QED) is 0.711. The Labute approximate surface area is 81.7 Å². The van der Waals surface area contributed by atoms with Crippen LogP contribution in [0.2, 0.25) is 0 Å². The summed E-state index contributed by atoms with van der Waals surface area (Å²) in [6.45, 7) is 3.87. The Morgan fingerprint density at radius 2 is 2.08 bits per heavy atom. The molecule has 0 aromatic rings. The Hall–Kier alpha value is -0.0800. The van der Waals surface area contributed by atoms with Gasteiger partial charge in [-0.25, -0.2) is 0 Å². The number of nitrogens with zero attached hydrogens (tertiary/aromatic N) is 1. The summed E-state index contributed by atoms with van der Waals surface area (Å²) in [6.07, 6.45) is 7.10. The Kier molecular flexibility index (Phi) is 3.23. The Balaban J connectivity index is 1.68. The lowest BCUT2D eigenvalue weighted by Gasteiger charge is -2.20. The molecule has 0 aromatic carbocycles. The van der Waals surface area contributed by atoms with Crippen molar-refractivity contribution < 1.29 is 0 Å². The van der Waals surface area contributed by atoms with E-state index in [1.54, 1.807) is 0 Å². The van der Waals surface area contributed by atoms with E-state index < -0.39 is 0 Å². The van der Waals surface area contributed by atoms with E-state index in [0.29, 0.717) is 0 Å². The summed E-state index contributed by atoms with van der Waals surface area (Å²) in [4.78, 5) is 2.49. The number of nitrogens with one attached hydrogen (secondary N) is 1. The number of hydrogen-bond donors (Lipinski definition) is 1. The van der Waals surface area contributed by atoms with Crippen molar-refractivity contribution in [3.63, 3.8) is 0 Å². The van der Waals surface area contributed by atoms with E-state index in [2.05, 4.69) is 17.3 Å². The summed E-state index contributed by atoms with van der Waals surface area (Å²) in [5, 5.41) is 3.65. The number of rotatable bonds is 3. The van der Waals surface area contributed by atoms with Gasteiger partial charge in [0.15, 0.2) is 0 Å². The molecule has 1 unspecified atom stereocenters. The summed E-state index contributed by atoms with van der Waals surface area (Å²) in [5.74, 6) is 0.910. The topological polar surface area (TPSA) is 15.3 Å². The predicted molar refractivity (Wildman–Crippen MR) is 55.9 cm³/mol. The maximum absolute atomic E-state index is 3.65. The van der Waals surface area contributed by atoms with Crippen LogP contribution in [0.5, 0.6) is 0 Å². The summed E-state index contributed by atoms with van der Waals surface area (Å²) in [6, 6.07) is 0.883. The second-order valence-corrected chi connectivity index (χ2v) is 4.81. The minimum atomic E-state index is 0.883. The Morgan fingerprint density at radius 1 is 1.23 bits per heavy atom. The molecule has 1 aliphatic carbocycles. The van der Waals surface area contributed by atoms with Crippen molar-refractivity contribution >= 4 is 0 Å². The molecule has 2 heteroatoms. The monoisotopic (exact) mass is 182 g/mol. The van der Waals surface area contributed by atoms with Crippen LogP contribution in [0.1, 0.15) is 32.1 Å². The third-order valence-electron chi connectivity index (χ3n) is 3.24. The van der Waals surface area contributed by atoms with Crippen LogP contribution >= 0.6 is 0 Å². The number of likely N-dealkylation sites (tertiary alicyclic amines) is 1. The van der Waals surface area contributed by atoms with Crippen LogP contribution in [0, 0.1) is 5.92 Å².